The molecule has 0 spiro atoms. The van der Waals surface area contributed by atoms with E-state index in [1.807, 2.05) is 18.2 Å². The summed E-state index contributed by atoms with van der Waals surface area (Å²) in [5.41, 5.74) is 8.25. The van der Waals surface area contributed by atoms with Crippen molar-refractivity contribution in [3.05, 3.63) is 41.7 Å². The fraction of sp³-hybridized carbons (Fsp3) is 0.400. The maximum atomic E-state index is 12.0. The number of rotatable bonds is 6. The predicted molar refractivity (Wildman–Crippen MR) is 81.9 cm³/mol. The van der Waals surface area contributed by atoms with E-state index >= 15 is 0 Å². The summed E-state index contributed by atoms with van der Waals surface area (Å²) in [4.78, 5) is 12.0. The number of carbonyl (C=O) groups excluding carboxylic acids is 1. The molecule has 2 rings (SSSR count). The minimum absolute atomic E-state index is 0.125. The number of carbonyl (C=O) groups is 1. The van der Waals surface area contributed by atoms with Crippen LogP contribution in [-0.2, 0) is 17.8 Å². The molecule has 1 aromatic heterocycles. The van der Waals surface area contributed by atoms with E-state index in [0.717, 1.165) is 11.4 Å². The summed E-state index contributed by atoms with van der Waals surface area (Å²) in [5, 5.41) is 10.7. The van der Waals surface area contributed by atoms with Crippen LogP contribution in [0.3, 0.4) is 0 Å². The first-order valence-electron chi connectivity index (χ1n) is 7.07. The van der Waals surface area contributed by atoms with Gasteiger partial charge in [0.1, 0.15) is 6.54 Å². The third kappa shape index (κ3) is 4.39. The molecule has 1 aromatic carbocycles. The second-order valence-electron chi connectivity index (χ2n) is 5.27. The monoisotopic (exact) mass is 287 g/mol. The zero-order chi connectivity index (χ0) is 15.2. The Morgan fingerprint density at radius 1 is 1.43 bits per heavy atom. The number of nitrogens with one attached hydrogen (secondary N) is 1. The first-order chi connectivity index (χ1) is 10.1. The molecule has 0 saturated carbocycles. The zero-order valence-electron chi connectivity index (χ0n) is 12.4. The molecule has 1 amide bonds. The lowest BCUT2D eigenvalue weighted by Gasteiger charge is -2.09. The molecule has 6 nitrogen and oxygen atoms in total. The lowest BCUT2D eigenvalue weighted by atomic mass is 10.0. The van der Waals surface area contributed by atoms with Crippen LogP contribution in [0.4, 0.5) is 5.69 Å². The number of amides is 1. The molecule has 0 unspecified atom stereocenters. The highest BCUT2D eigenvalue weighted by Crippen LogP contribution is 2.18. The summed E-state index contributed by atoms with van der Waals surface area (Å²) in [6, 6.07) is 7.87. The van der Waals surface area contributed by atoms with E-state index in [2.05, 4.69) is 35.5 Å². The maximum Gasteiger partial charge on any atom is 0.246 e. The molecule has 112 valence electrons. The van der Waals surface area contributed by atoms with Crippen LogP contribution in [0.15, 0.2) is 30.5 Å². The zero-order valence-corrected chi connectivity index (χ0v) is 12.4. The first kappa shape index (κ1) is 15.2. The summed E-state index contributed by atoms with van der Waals surface area (Å²) in [5.74, 6) is 0.302. The highest BCUT2D eigenvalue weighted by Gasteiger charge is 2.07. The van der Waals surface area contributed by atoms with Crippen molar-refractivity contribution in [3.8, 4) is 0 Å². The smallest absolute Gasteiger partial charge is 0.246 e. The molecule has 0 fully saturated rings. The fourth-order valence-corrected chi connectivity index (χ4v) is 2.00. The standard InChI is InChI=1S/C15H21N5O/c1-11(2)12-4-3-5-13(8-12)17-15(21)10-20-9-14(6-7-16)18-19-20/h3-5,8-9,11H,6-7,10,16H2,1-2H3,(H,17,21). The Kier molecular flexibility index (Phi) is 5.05. The van der Waals surface area contributed by atoms with Gasteiger partial charge in [-0.05, 0) is 30.2 Å². The van der Waals surface area contributed by atoms with Crippen LogP contribution >= 0.6 is 0 Å². The summed E-state index contributed by atoms with van der Waals surface area (Å²) in [6.45, 7) is 4.90. The van der Waals surface area contributed by atoms with Gasteiger partial charge >= 0.3 is 0 Å². The number of hydrogen-bond donors (Lipinski definition) is 2. The molecule has 6 heteroatoms. The lowest BCUT2D eigenvalue weighted by Crippen LogP contribution is -2.19. The number of nitrogens with two attached hydrogens (primary N) is 1. The molecule has 0 aliphatic heterocycles. The average molecular weight is 287 g/mol. The molecule has 0 aliphatic carbocycles. The number of nitrogens with zero attached hydrogens (tertiary/aromatic N) is 3. The van der Waals surface area contributed by atoms with Gasteiger partial charge in [-0.1, -0.05) is 31.2 Å². The maximum absolute atomic E-state index is 12.0. The Morgan fingerprint density at radius 3 is 2.95 bits per heavy atom. The lowest BCUT2D eigenvalue weighted by molar-refractivity contribution is -0.116. The average Bonchev–Trinajstić information content (AvgIpc) is 2.86. The van der Waals surface area contributed by atoms with Crippen molar-refractivity contribution in [2.45, 2.75) is 32.7 Å². The van der Waals surface area contributed by atoms with Crippen LogP contribution in [-0.4, -0.2) is 27.4 Å². The molecule has 0 saturated heterocycles. The van der Waals surface area contributed by atoms with Crippen LogP contribution in [0.25, 0.3) is 0 Å². The minimum Gasteiger partial charge on any atom is -0.330 e. The summed E-state index contributed by atoms with van der Waals surface area (Å²) in [6.07, 6.45) is 2.41. The number of benzene rings is 1. The Labute approximate surface area is 124 Å². The van der Waals surface area contributed by atoms with Gasteiger partial charge in [-0.3, -0.25) is 4.79 Å². The minimum atomic E-state index is -0.125. The molecule has 2 aromatic rings. The van der Waals surface area contributed by atoms with Gasteiger partial charge in [0.15, 0.2) is 0 Å². The molecule has 0 atom stereocenters. The van der Waals surface area contributed by atoms with Crippen molar-refractivity contribution in [2.75, 3.05) is 11.9 Å². The van der Waals surface area contributed by atoms with Gasteiger partial charge in [0.05, 0.1) is 5.69 Å². The van der Waals surface area contributed by atoms with Crippen molar-refractivity contribution in [1.82, 2.24) is 15.0 Å². The molecule has 0 radical (unpaired) electrons. The molecule has 3 N–H and O–H groups in total. The van der Waals surface area contributed by atoms with Crippen molar-refractivity contribution in [2.24, 2.45) is 5.73 Å². The van der Waals surface area contributed by atoms with E-state index in [0.29, 0.717) is 18.9 Å². The largest absolute Gasteiger partial charge is 0.330 e. The normalized spacial score (nSPS) is 10.9. The summed E-state index contributed by atoms with van der Waals surface area (Å²) >= 11 is 0. The SMILES string of the molecule is CC(C)c1cccc(NC(=O)Cn2cc(CCN)nn2)c1. The van der Waals surface area contributed by atoms with Crippen molar-refractivity contribution in [1.29, 1.82) is 0 Å². The Balaban J connectivity index is 1.96. The predicted octanol–water partition coefficient (Wildman–Crippen LogP) is 1.54. The quantitative estimate of drug-likeness (QED) is 0.844. The Hall–Kier alpha value is -2.21. The van der Waals surface area contributed by atoms with Crippen LogP contribution in [0, 0.1) is 0 Å². The van der Waals surface area contributed by atoms with E-state index in [1.165, 1.54) is 10.2 Å². The molecule has 0 bridgehead atoms. The molecular weight excluding hydrogens is 266 g/mol. The molecular formula is C15H21N5O. The van der Waals surface area contributed by atoms with Gasteiger partial charge < -0.3 is 11.1 Å². The van der Waals surface area contributed by atoms with Gasteiger partial charge in [0.2, 0.25) is 5.91 Å². The number of aromatic nitrogens is 3. The summed E-state index contributed by atoms with van der Waals surface area (Å²) in [7, 11) is 0. The molecule has 0 aliphatic rings. The van der Waals surface area contributed by atoms with Gasteiger partial charge in [-0.15, -0.1) is 5.10 Å². The first-order valence-corrected chi connectivity index (χ1v) is 7.07. The topological polar surface area (TPSA) is 85.8 Å². The van der Waals surface area contributed by atoms with E-state index in [1.54, 1.807) is 6.20 Å². The van der Waals surface area contributed by atoms with Crippen molar-refractivity contribution < 1.29 is 4.79 Å². The van der Waals surface area contributed by atoms with E-state index in [4.69, 9.17) is 5.73 Å². The van der Waals surface area contributed by atoms with Crippen LogP contribution in [0.5, 0.6) is 0 Å². The van der Waals surface area contributed by atoms with Crippen LogP contribution < -0.4 is 11.1 Å². The highest BCUT2D eigenvalue weighted by molar-refractivity contribution is 5.90. The Morgan fingerprint density at radius 2 is 2.24 bits per heavy atom. The van der Waals surface area contributed by atoms with E-state index in [-0.39, 0.29) is 12.5 Å². The van der Waals surface area contributed by atoms with Crippen molar-refractivity contribution >= 4 is 11.6 Å². The number of hydrogen-bond acceptors (Lipinski definition) is 4. The Bertz CT molecular complexity index is 606. The molecule has 21 heavy (non-hydrogen) atoms. The van der Waals surface area contributed by atoms with Gasteiger partial charge in [0.25, 0.3) is 0 Å². The van der Waals surface area contributed by atoms with Gasteiger partial charge in [-0.25, -0.2) is 4.68 Å². The van der Waals surface area contributed by atoms with E-state index in [9.17, 15) is 4.79 Å². The highest BCUT2D eigenvalue weighted by atomic mass is 16.2. The van der Waals surface area contributed by atoms with Crippen LogP contribution in [0.1, 0.15) is 31.0 Å². The van der Waals surface area contributed by atoms with Crippen molar-refractivity contribution in [3.63, 3.8) is 0 Å². The van der Waals surface area contributed by atoms with Gasteiger partial charge in [0, 0.05) is 18.3 Å². The third-order valence-electron chi connectivity index (χ3n) is 3.13. The second kappa shape index (κ2) is 6.99. The summed E-state index contributed by atoms with van der Waals surface area (Å²) < 4.78 is 1.52. The van der Waals surface area contributed by atoms with E-state index < -0.39 is 0 Å². The van der Waals surface area contributed by atoms with Gasteiger partial charge in [-0.2, -0.15) is 0 Å². The third-order valence-corrected chi connectivity index (χ3v) is 3.13. The second-order valence-corrected chi connectivity index (χ2v) is 5.27. The fourth-order valence-electron chi connectivity index (χ4n) is 2.00. The van der Waals surface area contributed by atoms with Crippen LogP contribution in [0.2, 0.25) is 0 Å². The number of anilines is 1. The molecule has 1 heterocycles.